The summed E-state index contributed by atoms with van der Waals surface area (Å²) >= 11 is 0. The number of oxime groups is 1. The molecule has 5 nitrogen and oxygen atoms in total. The van der Waals surface area contributed by atoms with Crippen LogP contribution in [0.4, 0.5) is 0 Å². The van der Waals surface area contributed by atoms with Gasteiger partial charge >= 0.3 is 0 Å². The number of hydrogen-bond acceptors (Lipinski definition) is 3. The molecule has 0 fully saturated rings. The van der Waals surface area contributed by atoms with Gasteiger partial charge in [-0.25, -0.2) is 0 Å². The Morgan fingerprint density at radius 1 is 1.71 bits per heavy atom. The lowest BCUT2D eigenvalue weighted by Crippen LogP contribution is -2.15. The molecule has 0 unspecified atom stereocenters. The van der Waals surface area contributed by atoms with Crippen LogP contribution in [0, 0.1) is 6.92 Å². The summed E-state index contributed by atoms with van der Waals surface area (Å²) in [4.78, 5) is 0. The zero-order valence-electron chi connectivity index (χ0n) is 8.73. The van der Waals surface area contributed by atoms with Crippen LogP contribution in [0.1, 0.15) is 31.1 Å². The lowest BCUT2D eigenvalue weighted by molar-refractivity contribution is 0.317. The maximum atomic E-state index is 8.44. The fourth-order valence-electron chi connectivity index (χ4n) is 1.38. The van der Waals surface area contributed by atoms with E-state index in [4.69, 9.17) is 10.9 Å². The van der Waals surface area contributed by atoms with Crippen molar-refractivity contribution in [2.75, 3.05) is 0 Å². The highest BCUT2D eigenvalue weighted by molar-refractivity contribution is 5.82. The zero-order chi connectivity index (χ0) is 10.7. The van der Waals surface area contributed by atoms with Gasteiger partial charge in [-0.05, 0) is 20.8 Å². The molecule has 0 spiro atoms. The van der Waals surface area contributed by atoms with Crippen molar-refractivity contribution < 1.29 is 5.21 Å². The second-order valence-corrected chi connectivity index (χ2v) is 3.56. The van der Waals surface area contributed by atoms with Crippen LogP contribution in [0.25, 0.3) is 0 Å². The molecule has 0 amide bonds. The van der Waals surface area contributed by atoms with Crippen molar-refractivity contribution in [2.45, 2.75) is 33.2 Å². The molecule has 0 aliphatic rings. The molecule has 1 aromatic heterocycles. The highest BCUT2D eigenvalue weighted by Gasteiger charge is 2.09. The van der Waals surface area contributed by atoms with Gasteiger partial charge in [0.15, 0.2) is 0 Å². The van der Waals surface area contributed by atoms with E-state index in [1.807, 2.05) is 11.6 Å². The molecule has 3 N–H and O–H groups in total. The fraction of sp³-hybridized carbons (Fsp3) is 0.556. The summed E-state index contributed by atoms with van der Waals surface area (Å²) in [5.74, 6) is 0.205. The van der Waals surface area contributed by atoms with Crippen LogP contribution >= 0.6 is 0 Å². The lowest BCUT2D eigenvalue weighted by Gasteiger charge is -2.08. The van der Waals surface area contributed by atoms with Gasteiger partial charge in [-0.1, -0.05) is 5.16 Å². The SMILES string of the molecule is Cc1c(C/C(N)=N/O)cnn1C(C)C. The Balaban J connectivity index is 2.90. The van der Waals surface area contributed by atoms with Gasteiger partial charge in [-0.15, -0.1) is 0 Å². The molecule has 0 saturated carbocycles. The maximum Gasteiger partial charge on any atom is 0.143 e. The van der Waals surface area contributed by atoms with Crippen molar-refractivity contribution in [3.63, 3.8) is 0 Å². The first-order chi connectivity index (χ1) is 6.56. The van der Waals surface area contributed by atoms with Gasteiger partial charge < -0.3 is 10.9 Å². The molecule has 0 saturated heterocycles. The molecule has 0 aromatic carbocycles. The number of rotatable bonds is 3. The van der Waals surface area contributed by atoms with Crippen LogP contribution in [0.5, 0.6) is 0 Å². The van der Waals surface area contributed by atoms with E-state index in [0.29, 0.717) is 12.5 Å². The van der Waals surface area contributed by atoms with E-state index in [-0.39, 0.29) is 5.84 Å². The highest BCUT2D eigenvalue weighted by Crippen LogP contribution is 2.12. The van der Waals surface area contributed by atoms with E-state index in [2.05, 4.69) is 24.1 Å². The van der Waals surface area contributed by atoms with Gasteiger partial charge in [0.1, 0.15) is 5.84 Å². The molecule has 0 radical (unpaired) electrons. The predicted octanol–water partition coefficient (Wildman–Crippen LogP) is 1.06. The molecule has 0 atom stereocenters. The summed E-state index contributed by atoms with van der Waals surface area (Å²) in [6, 6.07) is 0.330. The standard InChI is InChI=1S/C9H16N4O/c1-6(2)13-7(3)8(5-11-13)4-9(10)12-14/h5-6,14H,4H2,1-3H3,(H2,10,12). The highest BCUT2D eigenvalue weighted by atomic mass is 16.4. The lowest BCUT2D eigenvalue weighted by atomic mass is 10.2. The van der Waals surface area contributed by atoms with E-state index >= 15 is 0 Å². The molecular formula is C9H16N4O. The van der Waals surface area contributed by atoms with Crippen molar-refractivity contribution in [1.82, 2.24) is 9.78 Å². The summed E-state index contributed by atoms with van der Waals surface area (Å²) in [6.45, 7) is 6.10. The van der Waals surface area contributed by atoms with Gasteiger partial charge in [0.25, 0.3) is 0 Å². The van der Waals surface area contributed by atoms with Crippen molar-refractivity contribution in [3.8, 4) is 0 Å². The molecule has 0 aliphatic heterocycles. The van der Waals surface area contributed by atoms with Crippen LogP contribution in [0.2, 0.25) is 0 Å². The fourth-order valence-corrected chi connectivity index (χ4v) is 1.38. The monoisotopic (exact) mass is 196 g/mol. The number of amidine groups is 1. The maximum absolute atomic E-state index is 8.44. The second kappa shape index (κ2) is 4.13. The molecule has 14 heavy (non-hydrogen) atoms. The predicted molar refractivity (Wildman–Crippen MR) is 54.5 cm³/mol. The van der Waals surface area contributed by atoms with E-state index in [9.17, 15) is 0 Å². The molecule has 1 rings (SSSR count). The summed E-state index contributed by atoms with van der Waals surface area (Å²) < 4.78 is 1.92. The number of nitrogens with zero attached hydrogens (tertiary/aromatic N) is 3. The smallest absolute Gasteiger partial charge is 0.143 e. The molecule has 78 valence electrons. The Labute approximate surface area is 83.2 Å². The molecule has 1 heterocycles. The zero-order valence-corrected chi connectivity index (χ0v) is 8.73. The molecule has 1 aromatic rings. The molecule has 0 bridgehead atoms. The third-order valence-electron chi connectivity index (χ3n) is 2.14. The number of nitrogens with two attached hydrogens (primary N) is 1. The second-order valence-electron chi connectivity index (χ2n) is 3.56. The van der Waals surface area contributed by atoms with Crippen LogP contribution < -0.4 is 5.73 Å². The Hall–Kier alpha value is -1.52. The summed E-state index contributed by atoms with van der Waals surface area (Å²) in [5, 5.41) is 15.6. The van der Waals surface area contributed by atoms with Gasteiger partial charge in [0.2, 0.25) is 0 Å². The van der Waals surface area contributed by atoms with Crippen LogP contribution in [-0.2, 0) is 6.42 Å². The Morgan fingerprint density at radius 2 is 2.36 bits per heavy atom. The van der Waals surface area contributed by atoms with Gasteiger partial charge in [-0.2, -0.15) is 5.10 Å². The first-order valence-electron chi connectivity index (χ1n) is 4.55. The van der Waals surface area contributed by atoms with Crippen LogP contribution in [-0.4, -0.2) is 20.8 Å². The third kappa shape index (κ3) is 2.04. The topological polar surface area (TPSA) is 76.4 Å². The first kappa shape index (κ1) is 10.6. The van der Waals surface area contributed by atoms with E-state index in [0.717, 1.165) is 11.3 Å². The first-order valence-corrected chi connectivity index (χ1v) is 4.55. The molecule has 0 aliphatic carbocycles. The minimum absolute atomic E-state index is 0.205. The van der Waals surface area contributed by atoms with E-state index < -0.39 is 0 Å². The Kier molecular flexibility index (Phi) is 3.11. The van der Waals surface area contributed by atoms with Gasteiger partial charge in [0, 0.05) is 23.7 Å². The van der Waals surface area contributed by atoms with Gasteiger partial charge in [0.05, 0.1) is 6.20 Å². The minimum atomic E-state index is 0.205. The van der Waals surface area contributed by atoms with Crippen molar-refractivity contribution >= 4 is 5.84 Å². The minimum Gasteiger partial charge on any atom is -0.409 e. The average molecular weight is 196 g/mol. The Bertz CT molecular complexity index is 341. The summed E-state index contributed by atoms with van der Waals surface area (Å²) in [6.07, 6.45) is 2.20. The average Bonchev–Trinajstić information content (AvgIpc) is 2.48. The van der Waals surface area contributed by atoms with Crippen molar-refractivity contribution in [2.24, 2.45) is 10.9 Å². The Morgan fingerprint density at radius 3 is 2.79 bits per heavy atom. The van der Waals surface area contributed by atoms with Crippen molar-refractivity contribution in [3.05, 3.63) is 17.5 Å². The molecular weight excluding hydrogens is 180 g/mol. The largest absolute Gasteiger partial charge is 0.409 e. The normalized spacial score (nSPS) is 12.4. The quantitative estimate of drug-likeness (QED) is 0.328. The van der Waals surface area contributed by atoms with Crippen LogP contribution in [0.15, 0.2) is 11.4 Å². The molecule has 5 heteroatoms. The number of hydrogen-bond donors (Lipinski definition) is 2. The summed E-state index contributed by atoms with van der Waals surface area (Å²) in [5.41, 5.74) is 7.48. The third-order valence-corrected chi connectivity index (χ3v) is 2.14. The summed E-state index contributed by atoms with van der Waals surface area (Å²) in [7, 11) is 0. The van der Waals surface area contributed by atoms with E-state index in [1.165, 1.54) is 0 Å². The van der Waals surface area contributed by atoms with Gasteiger partial charge in [-0.3, -0.25) is 4.68 Å². The number of aromatic nitrogens is 2. The van der Waals surface area contributed by atoms with Crippen LogP contribution in [0.3, 0.4) is 0 Å². The van der Waals surface area contributed by atoms with E-state index in [1.54, 1.807) is 6.20 Å². The van der Waals surface area contributed by atoms with Crippen molar-refractivity contribution in [1.29, 1.82) is 0 Å².